The zero-order valence-corrected chi connectivity index (χ0v) is 12.5. The average Bonchev–Trinajstić information content (AvgIpc) is 2.54. The molecule has 4 unspecified atom stereocenters. The standard InChI is InChI=1S/C17H32O/c1-3-6-15-8-5-11-17(18,12-10-15)16-9-4-7-14(2)13-16/h14-16,18H,3-13H2,1-2H3. The molecule has 4 atom stereocenters. The van der Waals surface area contributed by atoms with E-state index in [1.54, 1.807) is 0 Å². The fourth-order valence-electron chi connectivity index (χ4n) is 4.45. The minimum Gasteiger partial charge on any atom is -0.390 e. The van der Waals surface area contributed by atoms with Crippen LogP contribution >= 0.6 is 0 Å². The van der Waals surface area contributed by atoms with E-state index in [2.05, 4.69) is 13.8 Å². The van der Waals surface area contributed by atoms with Crippen LogP contribution in [0.5, 0.6) is 0 Å². The van der Waals surface area contributed by atoms with Crippen molar-refractivity contribution in [2.24, 2.45) is 17.8 Å². The molecule has 0 aromatic rings. The Morgan fingerprint density at radius 2 is 1.89 bits per heavy atom. The summed E-state index contributed by atoms with van der Waals surface area (Å²) in [4.78, 5) is 0. The molecule has 0 aliphatic heterocycles. The smallest absolute Gasteiger partial charge is 0.0676 e. The van der Waals surface area contributed by atoms with Crippen molar-refractivity contribution < 1.29 is 5.11 Å². The van der Waals surface area contributed by atoms with Gasteiger partial charge in [-0.05, 0) is 49.9 Å². The van der Waals surface area contributed by atoms with Crippen LogP contribution < -0.4 is 0 Å². The first-order valence-corrected chi connectivity index (χ1v) is 8.36. The van der Waals surface area contributed by atoms with E-state index in [0.717, 1.165) is 24.7 Å². The molecule has 0 radical (unpaired) electrons. The molecule has 1 N–H and O–H groups in total. The van der Waals surface area contributed by atoms with E-state index in [1.807, 2.05) is 0 Å². The van der Waals surface area contributed by atoms with Crippen LogP contribution in [0.3, 0.4) is 0 Å². The summed E-state index contributed by atoms with van der Waals surface area (Å²) in [6.45, 7) is 4.66. The van der Waals surface area contributed by atoms with Gasteiger partial charge in [-0.25, -0.2) is 0 Å². The fraction of sp³-hybridized carbons (Fsp3) is 1.00. The van der Waals surface area contributed by atoms with Gasteiger partial charge in [-0.2, -0.15) is 0 Å². The first-order chi connectivity index (χ1) is 8.64. The lowest BCUT2D eigenvalue weighted by molar-refractivity contribution is -0.0526. The third-order valence-electron chi connectivity index (χ3n) is 5.60. The highest BCUT2D eigenvalue weighted by Gasteiger charge is 2.39. The molecule has 2 aliphatic rings. The molecular formula is C17H32O. The van der Waals surface area contributed by atoms with E-state index < -0.39 is 0 Å². The van der Waals surface area contributed by atoms with Crippen LogP contribution in [-0.2, 0) is 0 Å². The number of hydrogen-bond donors (Lipinski definition) is 1. The van der Waals surface area contributed by atoms with Crippen molar-refractivity contribution in [1.29, 1.82) is 0 Å². The Morgan fingerprint density at radius 3 is 2.61 bits per heavy atom. The molecule has 2 saturated carbocycles. The molecule has 0 aromatic heterocycles. The second kappa shape index (κ2) is 6.41. The van der Waals surface area contributed by atoms with Gasteiger partial charge in [-0.15, -0.1) is 0 Å². The Labute approximate surface area is 113 Å². The Kier molecular flexibility index (Phi) is 5.12. The zero-order chi connectivity index (χ0) is 13.0. The van der Waals surface area contributed by atoms with Gasteiger partial charge in [0.1, 0.15) is 0 Å². The Bertz CT molecular complexity index is 250. The highest BCUT2D eigenvalue weighted by atomic mass is 16.3. The second-order valence-electron chi connectivity index (χ2n) is 7.16. The lowest BCUT2D eigenvalue weighted by Crippen LogP contribution is -2.40. The van der Waals surface area contributed by atoms with E-state index >= 15 is 0 Å². The maximum atomic E-state index is 11.1. The summed E-state index contributed by atoms with van der Waals surface area (Å²) in [6.07, 6.45) is 14.0. The first-order valence-electron chi connectivity index (χ1n) is 8.36. The molecule has 1 nitrogen and oxygen atoms in total. The third kappa shape index (κ3) is 3.50. The Morgan fingerprint density at radius 1 is 1.06 bits per heavy atom. The van der Waals surface area contributed by atoms with Gasteiger partial charge in [0.2, 0.25) is 0 Å². The van der Waals surface area contributed by atoms with Gasteiger partial charge in [0, 0.05) is 0 Å². The van der Waals surface area contributed by atoms with Crippen molar-refractivity contribution >= 4 is 0 Å². The van der Waals surface area contributed by atoms with Gasteiger partial charge in [-0.1, -0.05) is 52.4 Å². The van der Waals surface area contributed by atoms with Crippen molar-refractivity contribution in [2.75, 3.05) is 0 Å². The van der Waals surface area contributed by atoms with Crippen molar-refractivity contribution in [3.8, 4) is 0 Å². The monoisotopic (exact) mass is 252 g/mol. The van der Waals surface area contributed by atoms with E-state index in [4.69, 9.17) is 0 Å². The van der Waals surface area contributed by atoms with Gasteiger partial charge in [0.05, 0.1) is 5.60 Å². The van der Waals surface area contributed by atoms with Crippen molar-refractivity contribution in [1.82, 2.24) is 0 Å². The molecule has 0 bridgehead atoms. The predicted molar refractivity (Wildman–Crippen MR) is 77.6 cm³/mol. The average molecular weight is 252 g/mol. The zero-order valence-electron chi connectivity index (χ0n) is 12.5. The molecule has 0 aromatic carbocycles. The lowest BCUT2D eigenvalue weighted by Gasteiger charge is -2.40. The first kappa shape index (κ1) is 14.4. The van der Waals surface area contributed by atoms with Gasteiger partial charge in [0.15, 0.2) is 0 Å². The highest BCUT2D eigenvalue weighted by molar-refractivity contribution is 4.91. The van der Waals surface area contributed by atoms with Gasteiger partial charge in [-0.3, -0.25) is 0 Å². The topological polar surface area (TPSA) is 20.2 Å². The quantitative estimate of drug-likeness (QED) is 0.707. The van der Waals surface area contributed by atoms with Gasteiger partial charge >= 0.3 is 0 Å². The summed E-state index contributed by atoms with van der Waals surface area (Å²) in [5, 5.41) is 11.1. The summed E-state index contributed by atoms with van der Waals surface area (Å²) < 4.78 is 0. The van der Waals surface area contributed by atoms with E-state index in [-0.39, 0.29) is 5.60 Å². The van der Waals surface area contributed by atoms with Crippen LogP contribution in [0, 0.1) is 17.8 Å². The molecule has 1 heteroatoms. The van der Waals surface area contributed by atoms with Crippen LogP contribution in [0.4, 0.5) is 0 Å². The van der Waals surface area contributed by atoms with Crippen molar-refractivity contribution in [3.63, 3.8) is 0 Å². The van der Waals surface area contributed by atoms with Gasteiger partial charge < -0.3 is 5.11 Å². The molecule has 2 aliphatic carbocycles. The molecule has 0 spiro atoms. The molecular weight excluding hydrogens is 220 g/mol. The van der Waals surface area contributed by atoms with Gasteiger partial charge in [0.25, 0.3) is 0 Å². The molecule has 18 heavy (non-hydrogen) atoms. The van der Waals surface area contributed by atoms with E-state index in [0.29, 0.717) is 5.92 Å². The fourth-order valence-corrected chi connectivity index (χ4v) is 4.45. The maximum absolute atomic E-state index is 11.1. The Balaban J connectivity index is 1.93. The second-order valence-corrected chi connectivity index (χ2v) is 7.16. The SMILES string of the molecule is CCCC1CCCC(O)(C2CCCC(C)C2)CC1. The Hall–Kier alpha value is -0.0400. The number of hydrogen-bond acceptors (Lipinski definition) is 1. The van der Waals surface area contributed by atoms with Crippen LogP contribution in [0.25, 0.3) is 0 Å². The van der Waals surface area contributed by atoms with Crippen LogP contribution in [0.1, 0.15) is 84.5 Å². The van der Waals surface area contributed by atoms with Crippen LogP contribution in [0.15, 0.2) is 0 Å². The summed E-state index contributed by atoms with van der Waals surface area (Å²) in [5.74, 6) is 2.33. The molecule has 2 fully saturated rings. The minimum absolute atomic E-state index is 0.308. The van der Waals surface area contributed by atoms with E-state index in [9.17, 15) is 5.11 Å². The summed E-state index contributed by atoms with van der Waals surface area (Å²) in [5.41, 5.74) is -0.308. The molecule has 2 rings (SSSR count). The maximum Gasteiger partial charge on any atom is 0.0676 e. The summed E-state index contributed by atoms with van der Waals surface area (Å²) >= 11 is 0. The van der Waals surface area contributed by atoms with E-state index in [1.165, 1.54) is 57.8 Å². The number of aliphatic hydroxyl groups is 1. The predicted octanol–water partition coefficient (Wildman–Crippen LogP) is 4.92. The highest BCUT2D eigenvalue weighted by Crippen LogP contribution is 2.43. The lowest BCUT2D eigenvalue weighted by atomic mass is 9.70. The summed E-state index contributed by atoms with van der Waals surface area (Å²) in [7, 11) is 0. The van der Waals surface area contributed by atoms with Crippen molar-refractivity contribution in [2.45, 2.75) is 90.1 Å². The normalized spacial score (nSPS) is 42.5. The van der Waals surface area contributed by atoms with Crippen molar-refractivity contribution in [3.05, 3.63) is 0 Å². The third-order valence-corrected chi connectivity index (χ3v) is 5.60. The molecule has 0 amide bonds. The molecule has 0 saturated heterocycles. The largest absolute Gasteiger partial charge is 0.390 e. The molecule has 106 valence electrons. The summed E-state index contributed by atoms with van der Waals surface area (Å²) in [6, 6.07) is 0. The minimum atomic E-state index is -0.308. The molecule has 0 heterocycles. The number of rotatable bonds is 3. The van der Waals surface area contributed by atoms with Crippen LogP contribution in [-0.4, -0.2) is 10.7 Å². The van der Waals surface area contributed by atoms with Crippen LogP contribution in [0.2, 0.25) is 0 Å².